The summed E-state index contributed by atoms with van der Waals surface area (Å²) in [7, 11) is 0. The topological polar surface area (TPSA) is 139 Å². The summed E-state index contributed by atoms with van der Waals surface area (Å²) in [6.07, 6.45) is -1.34. The fourth-order valence-corrected chi connectivity index (χ4v) is 2.73. The molecule has 0 aliphatic heterocycles. The van der Waals surface area contributed by atoms with Crippen LogP contribution in [0.4, 0.5) is 17.1 Å². The largest absolute Gasteiger partial charge is 0.339 e. The Balaban J connectivity index is 2.12. The summed E-state index contributed by atoms with van der Waals surface area (Å²) in [5, 5.41) is 29.3. The van der Waals surface area contributed by atoms with Crippen molar-refractivity contribution in [3.05, 3.63) is 74.3 Å². The summed E-state index contributed by atoms with van der Waals surface area (Å²) in [6.45, 7) is 0. The zero-order valence-corrected chi connectivity index (χ0v) is 17.8. The van der Waals surface area contributed by atoms with Crippen LogP contribution in [0.1, 0.15) is 10.4 Å². The van der Waals surface area contributed by atoms with Gasteiger partial charge in [-0.2, -0.15) is 0 Å². The summed E-state index contributed by atoms with van der Waals surface area (Å²) in [4.78, 5) is 32.9. The number of benzene rings is 2. The Labute approximate surface area is 189 Å². The summed E-state index contributed by atoms with van der Waals surface area (Å²) >= 11 is 22.8. The molecule has 3 N–H and O–H groups in total. The fraction of sp³-hybridized carbons (Fsp3) is 0.125. The van der Waals surface area contributed by atoms with Gasteiger partial charge < -0.3 is 16.0 Å². The number of thiocarbonyl (C=S) groups is 1. The lowest BCUT2D eigenvalue weighted by Gasteiger charge is -2.27. The van der Waals surface area contributed by atoms with E-state index in [4.69, 9.17) is 47.0 Å². The second-order valence-electron chi connectivity index (χ2n) is 5.66. The molecule has 30 heavy (non-hydrogen) atoms. The van der Waals surface area contributed by atoms with Crippen molar-refractivity contribution in [1.82, 2.24) is 10.6 Å². The molecule has 0 fully saturated rings. The van der Waals surface area contributed by atoms with E-state index in [1.54, 1.807) is 0 Å². The van der Waals surface area contributed by atoms with E-state index in [2.05, 4.69) is 16.0 Å². The molecule has 1 amide bonds. The quantitative estimate of drug-likeness (QED) is 0.181. The number of nitro groups is 2. The SMILES string of the molecule is O=C(N[C@@H](NC(=S)Nc1cccc([N+](=O)[O-])c1)C(Cl)(Cl)Cl)c1cccc([N+](=O)[O-])c1. The van der Waals surface area contributed by atoms with Crippen LogP contribution in [-0.4, -0.2) is 30.8 Å². The Morgan fingerprint density at radius 1 is 0.967 bits per heavy atom. The first-order valence-corrected chi connectivity index (χ1v) is 9.45. The summed E-state index contributed by atoms with van der Waals surface area (Å²) in [6, 6.07) is 10.5. The molecule has 2 rings (SSSR count). The van der Waals surface area contributed by atoms with Crippen molar-refractivity contribution in [2.45, 2.75) is 9.96 Å². The average molecular weight is 493 g/mol. The second kappa shape index (κ2) is 9.85. The van der Waals surface area contributed by atoms with Gasteiger partial charge in [0, 0.05) is 35.5 Å². The highest BCUT2D eigenvalue weighted by Gasteiger charge is 2.35. The number of carbonyl (C=O) groups is 1. The van der Waals surface area contributed by atoms with Crippen molar-refractivity contribution in [3.8, 4) is 0 Å². The minimum absolute atomic E-state index is 0.0391. The van der Waals surface area contributed by atoms with Crippen molar-refractivity contribution in [2.24, 2.45) is 0 Å². The smallest absolute Gasteiger partial charge is 0.271 e. The molecule has 14 heteroatoms. The van der Waals surface area contributed by atoms with E-state index in [0.717, 1.165) is 6.07 Å². The van der Waals surface area contributed by atoms with E-state index < -0.39 is 25.7 Å². The van der Waals surface area contributed by atoms with Crippen LogP contribution in [0.2, 0.25) is 0 Å². The number of rotatable bonds is 6. The third kappa shape index (κ3) is 6.66. The lowest BCUT2D eigenvalue weighted by Crippen LogP contribution is -2.56. The molecule has 10 nitrogen and oxygen atoms in total. The van der Waals surface area contributed by atoms with Gasteiger partial charge >= 0.3 is 0 Å². The maximum atomic E-state index is 12.4. The molecule has 0 saturated carbocycles. The van der Waals surface area contributed by atoms with Crippen LogP contribution in [0.25, 0.3) is 0 Å². The number of amides is 1. The van der Waals surface area contributed by atoms with E-state index in [9.17, 15) is 25.0 Å². The van der Waals surface area contributed by atoms with Crippen LogP contribution in [0, 0.1) is 20.2 Å². The van der Waals surface area contributed by atoms with Gasteiger partial charge in [-0.3, -0.25) is 25.0 Å². The zero-order chi connectivity index (χ0) is 22.5. The van der Waals surface area contributed by atoms with E-state index in [0.29, 0.717) is 0 Å². The maximum Gasteiger partial charge on any atom is 0.271 e. The predicted octanol–water partition coefficient (Wildman–Crippen LogP) is 3.92. The number of hydrogen-bond donors (Lipinski definition) is 3. The molecular weight excluding hydrogens is 481 g/mol. The maximum absolute atomic E-state index is 12.4. The first kappa shape index (κ1) is 23.5. The fourth-order valence-electron chi connectivity index (χ4n) is 2.17. The standard InChI is InChI=1S/C16H12Cl3N5O5S/c17-16(18,19)14(21-13(25)9-3-1-5-11(7-9)23(26)27)22-15(30)20-10-4-2-6-12(8-10)24(28)29/h1-8,14H,(H,21,25)(H2,20,22,30)/t14-/m0/s1. The van der Waals surface area contributed by atoms with Gasteiger partial charge in [0.05, 0.1) is 9.85 Å². The Bertz CT molecular complexity index is 1000. The van der Waals surface area contributed by atoms with Crippen molar-refractivity contribution in [3.63, 3.8) is 0 Å². The highest BCUT2D eigenvalue weighted by molar-refractivity contribution is 7.80. The number of alkyl halides is 3. The van der Waals surface area contributed by atoms with Crippen LogP contribution >= 0.6 is 47.0 Å². The van der Waals surface area contributed by atoms with Crippen LogP contribution in [-0.2, 0) is 0 Å². The first-order chi connectivity index (χ1) is 14.0. The lowest BCUT2D eigenvalue weighted by molar-refractivity contribution is -0.385. The molecule has 0 spiro atoms. The normalized spacial score (nSPS) is 11.8. The summed E-state index contributed by atoms with van der Waals surface area (Å²) in [5.74, 6) is -0.763. The van der Waals surface area contributed by atoms with Crippen LogP contribution in [0.15, 0.2) is 48.5 Å². The van der Waals surface area contributed by atoms with Gasteiger partial charge in [0.15, 0.2) is 5.11 Å². The molecule has 158 valence electrons. The van der Waals surface area contributed by atoms with E-state index in [1.165, 1.54) is 42.5 Å². The van der Waals surface area contributed by atoms with Crippen LogP contribution < -0.4 is 16.0 Å². The Morgan fingerprint density at radius 3 is 2.10 bits per heavy atom. The highest BCUT2D eigenvalue weighted by Crippen LogP contribution is 2.29. The zero-order valence-electron chi connectivity index (χ0n) is 14.7. The van der Waals surface area contributed by atoms with Gasteiger partial charge in [0.25, 0.3) is 17.3 Å². The number of halogens is 3. The molecule has 0 aliphatic rings. The molecule has 2 aromatic rings. The van der Waals surface area contributed by atoms with Crippen LogP contribution in [0.3, 0.4) is 0 Å². The number of hydrogen-bond acceptors (Lipinski definition) is 6. The monoisotopic (exact) mass is 491 g/mol. The predicted molar refractivity (Wildman–Crippen MR) is 117 cm³/mol. The number of nitro benzene ring substituents is 2. The van der Waals surface area contributed by atoms with E-state index >= 15 is 0 Å². The number of anilines is 1. The number of nitrogens with zero attached hydrogens (tertiary/aromatic N) is 2. The third-order valence-electron chi connectivity index (χ3n) is 3.51. The molecule has 0 aromatic heterocycles. The minimum atomic E-state index is -2.06. The third-order valence-corrected chi connectivity index (χ3v) is 4.39. The Kier molecular flexibility index (Phi) is 7.73. The van der Waals surface area contributed by atoms with Crippen LogP contribution in [0.5, 0.6) is 0 Å². The second-order valence-corrected chi connectivity index (χ2v) is 8.44. The molecule has 0 heterocycles. The van der Waals surface area contributed by atoms with E-state index in [1.807, 2.05) is 0 Å². The molecule has 0 saturated heterocycles. The average Bonchev–Trinajstić information content (AvgIpc) is 2.66. The minimum Gasteiger partial charge on any atom is -0.339 e. The van der Waals surface area contributed by atoms with Gasteiger partial charge in [0.2, 0.25) is 3.79 Å². The van der Waals surface area contributed by atoms with Gasteiger partial charge in [0.1, 0.15) is 6.17 Å². The summed E-state index contributed by atoms with van der Waals surface area (Å²) < 4.78 is -2.06. The number of nitrogens with one attached hydrogen (secondary N) is 3. The first-order valence-electron chi connectivity index (χ1n) is 7.91. The summed E-state index contributed by atoms with van der Waals surface area (Å²) in [5.41, 5.74) is -0.207. The van der Waals surface area contributed by atoms with Crippen molar-refractivity contribution in [1.29, 1.82) is 0 Å². The molecule has 0 aliphatic carbocycles. The molecule has 0 unspecified atom stereocenters. The van der Waals surface area contributed by atoms with Crippen molar-refractivity contribution >= 4 is 75.1 Å². The highest BCUT2D eigenvalue weighted by atomic mass is 35.6. The van der Waals surface area contributed by atoms with Gasteiger partial charge in [-0.05, 0) is 24.4 Å². The van der Waals surface area contributed by atoms with Gasteiger partial charge in [-0.1, -0.05) is 46.9 Å². The molecule has 0 radical (unpaired) electrons. The van der Waals surface area contributed by atoms with Gasteiger partial charge in [-0.15, -0.1) is 0 Å². The van der Waals surface area contributed by atoms with E-state index in [-0.39, 0.29) is 27.7 Å². The molecule has 0 bridgehead atoms. The Hall–Kier alpha value is -2.73. The number of carbonyl (C=O) groups excluding carboxylic acids is 1. The lowest BCUT2D eigenvalue weighted by atomic mass is 10.2. The number of non-ortho nitro benzene ring substituents is 2. The Morgan fingerprint density at radius 2 is 1.53 bits per heavy atom. The van der Waals surface area contributed by atoms with Crippen molar-refractivity contribution in [2.75, 3.05) is 5.32 Å². The molecule has 2 aromatic carbocycles. The molecular formula is C16H12Cl3N5O5S. The molecule has 1 atom stereocenters. The van der Waals surface area contributed by atoms with Crippen molar-refractivity contribution < 1.29 is 14.6 Å². The van der Waals surface area contributed by atoms with Gasteiger partial charge in [-0.25, -0.2) is 0 Å².